The first-order valence-corrected chi connectivity index (χ1v) is 5.54. The van der Waals surface area contributed by atoms with Gasteiger partial charge in [0.1, 0.15) is 0 Å². The second-order valence-electron chi connectivity index (χ2n) is 4.37. The summed E-state index contributed by atoms with van der Waals surface area (Å²) >= 11 is 0. The Labute approximate surface area is 84.8 Å². The van der Waals surface area contributed by atoms with Crippen molar-refractivity contribution in [2.75, 3.05) is 13.2 Å². The summed E-state index contributed by atoms with van der Waals surface area (Å²) in [6.45, 7) is 3.19. The van der Waals surface area contributed by atoms with Crippen molar-refractivity contribution in [1.29, 1.82) is 0 Å². The Balaban J connectivity index is 1.93. The van der Waals surface area contributed by atoms with Crippen LogP contribution in [0.15, 0.2) is 0 Å². The Hall–Kier alpha value is -0.570. The fraction of sp³-hybridized carbons (Fsp3) is 0.909. The highest BCUT2D eigenvalue weighted by Crippen LogP contribution is 2.49. The van der Waals surface area contributed by atoms with Crippen molar-refractivity contribution < 1.29 is 14.3 Å². The van der Waals surface area contributed by atoms with Gasteiger partial charge in [-0.25, -0.2) is 0 Å². The van der Waals surface area contributed by atoms with Crippen molar-refractivity contribution >= 4 is 5.97 Å². The third-order valence-electron chi connectivity index (χ3n) is 3.42. The topological polar surface area (TPSA) is 38.8 Å². The van der Waals surface area contributed by atoms with Crippen LogP contribution in [0.3, 0.4) is 0 Å². The summed E-state index contributed by atoms with van der Waals surface area (Å²) in [6.07, 6.45) is 5.64. The van der Waals surface area contributed by atoms with Gasteiger partial charge in [-0.3, -0.25) is 4.79 Å². The summed E-state index contributed by atoms with van der Waals surface area (Å²) in [4.78, 5) is 11.5. The molecule has 1 saturated carbocycles. The SMILES string of the molecule is CCOC(=O)CC1(C2CO2)CCCC1. The summed E-state index contributed by atoms with van der Waals surface area (Å²) in [6, 6.07) is 0. The van der Waals surface area contributed by atoms with E-state index in [-0.39, 0.29) is 11.4 Å². The lowest BCUT2D eigenvalue weighted by Crippen LogP contribution is -2.28. The molecule has 0 aromatic carbocycles. The Bertz CT molecular complexity index is 215. The minimum absolute atomic E-state index is 0.0510. The molecule has 1 unspecified atom stereocenters. The maximum Gasteiger partial charge on any atom is 0.306 e. The lowest BCUT2D eigenvalue weighted by molar-refractivity contribution is -0.146. The zero-order valence-electron chi connectivity index (χ0n) is 8.75. The molecular weight excluding hydrogens is 180 g/mol. The Kier molecular flexibility index (Phi) is 2.77. The van der Waals surface area contributed by atoms with Crippen molar-refractivity contribution in [3.63, 3.8) is 0 Å². The van der Waals surface area contributed by atoms with Crippen LogP contribution in [-0.4, -0.2) is 25.3 Å². The van der Waals surface area contributed by atoms with E-state index < -0.39 is 0 Å². The van der Waals surface area contributed by atoms with Crippen LogP contribution in [0.2, 0.25) is 0 Å². The van der Waals surface area contributed by atoms with Crippen LogP contribution in [0.5, 0.6) is 0 Å². The zero-order valence-corrected chi connectivity index (χ0v) is 8.75. The molecule has 0 aromatic heterocycles. The molecular formula is C11H18O3. The second-order valence-corrected chi connectivity index (χ2v) is 4.37. The van der Waals surface area contributed by atoms with E-state index in [0.717, 1.165) is 19.4 Å². The van der Waals surface area contributed by atoms with Gasteiger partial charge in [-0.2, -0.15) is 0 Å². The van der Waals surface area contributed by atoms with Gasteiger partial charge in [-0.05, 0) is 19.8 Å². The minimum Gasteiger partial charge on any atom is -0.466 e. The number of esters is 1. The van der Waals surface area contributed by atoms with Crippen molar-refractivity contribution in [2.45, 2.75) is 45.1 Å². The quantitative estimate of drug-likeness (QED) is 0.511. The number of hydrogen-bond acceptors (Lipinski definition) is 3. The molecule has 1 atom stereocenters. The number of hydrogen-bond donors (Lipinski definition) is 0. The van der Waals surface area contributed by atoms with Crippen molar-refractivity contribution in [3.05, 3.63) is 0 Å². The molecule has 1 aliphatic carbocycles. The Morgan fingerprint density at radius 1 is 1.50 bits per heavy atom. The van der Waals surface area contributed by atoms with E-state index in [1.54, 1.807) is 0 Å². The minimum atomic E-state index is -0.0510. The first-order valence-electron chi connectivity index (χ1n) is 5.54. The molecule has 2 rings (SSSR count). The van der Waals surface area contributed by atoms with Gasteiger partial charge < -0.3 is 9.47 Å². The van der Waals surface area contributed by atoms with Gasteiger partial charge in [-0.15, -0.1) is 0 Å². The smallest absolute Gasteiger partial charge is 0.306 e. The van der Waals surface area contributed by atoms with Crippen LogP contribution in [0, 0.1) is 5.41 Å². The second kappa shape index (κ2) is 3.89. The summed E-state index contributed by atoms with van der Waals surface area (Å²) < 4.78 is 10.4. The van der Waals surface area contributed by atoms with Gasteiger partial charge >= 0.3 is 5.97 Å². The van der Waals surface area contributed by atoms with Gasteiger partial charge in [-0.1, -0.05) is 12.8 Å². The third-order valence-corrected chi connectivity index (χ3v) is 3.42. The highest BCUT2D eigenvalue weighted by molar-refractivity contribution is 5.70. The summed E-state index contributed by atoms with van der Waals surface area (Å²) in [5.74, 6) is -0.0510. The predicted molar refractivity (Wildman–Crippen MR) is 51.9 cm³/mol. The van der Waals surface area contributed by atoms with Crippen LogP contribution >= 0.6 is 0 Å². The van der Waals surface area contributed by atoms with Gasteiger partial charge in [0.25, 0.3) is 0 Å². The highest BCUT2D eigenvalue weighted by Gasteiger charge is 2.49. The molecule has 3 nitrogen and oxygen atoms in total. The van der Waals surface area contributed by atoms with Gasteiger partial charge in [0, 0.05) is 5.41 Å². The monoisotopic (exact) mass is 198 g/mol. The lowest BCUT2D eigenvalue weighted by atomic mass is 9.79. The van der Waals surface area contributed by atoms with Crippen molar-refractivity contribution in [3.8, 4) is 0 Å². The molecule has 3 heteroatoms. The molecule has 14 heavy (non-hydrogen) atoms. The summed E-state index contributed by atoms with van der Waals surface area (Å²) in [5, 5.41) is 0. The van der Waals surface area contributed by atoms with Crippen LogP contribution in [-0.2, 0) is 14.3 Å². The molecule has 0 spiro atoms. The van der Waals surface area contributed by atoms with E-state index in [1.165, 1.54) is 12.8 Å². The number of carbonyl (C=O) groups is 1. The largest absolute Gasteiger partial charge is 0.466 e. The van der Waals surface area contributed by atoms with E-state index >= 15 is 0 Å². The Morgan fingerprint density at radius 2 is 2.14 bits per heavy atom. The molecule has 0 amide bonds. The van der Waals surface area contributed by atoms with Crippen LogP contribution in [0.25, 0.3) is 0 Å². The maximum atomic E-state index is 11.5. The molecule has 2 fully saturated rings. The molecule has 0 N–H and O–H groups in total. The van der Waals surface area contributed by atoms with Crippen molar-refractivity contribution in [2.24, 2.45) is 5.41 Å². The van der Waals surface area contributed by atoms with E-state index in [0.29, 0.717) is 19.1 Å². The molecule has 1 saturated heterocycles. The predicted octanol–water partition coefficient (Wildman–Crippen LogP) is 1.90. The summed E-state index contributed by atoms with van der Waals surface area (Å²) in [5.41, 5.74) is 0.131. The first-order chi connectivity index (χ1) is 6.77. The van der Waals surface area contributed by atoms with Crippen LogP contribution in [0.4, 0.5) is 0 Å². The van der Waals surface area contributed by atoms with Crippen molar-refractivity contribution in [1.82, 2.24) is 0 Å². The standard InChI is InChI=1S/C11H18O3/c1-2-13-10(12)7-11(9-8-14-9)5-3-4-6-11/h9H,2-8H2,1H3. The first kappa shape index (κ1) is 9.97. The van der Waals surface area contributed by atoms with Gasteiger partial charge in [0.05, 0.1) is 25.7 Å². The summed E-state index contributed by atoms with van der Waals surface area (Å²) in [7, 11) is 0. The average molecular weight is 198 g/mol. The normalized spacial score (nSPS) is 28.8. The molecule has 0 aromatic rings. The lowest BCUT2D eigenvalue weighted by Gasteiger charge is -2.25. The number of epoxide rings is 1. The molecule has 0 bridgehead atoms. The third kappa shape index (κ3) is 1.92. The van der Waals surface area contributed by atoms with E-state index in [1.807, 2.05) is 6.92 Å². The number of carbonyl (C=O) groups excluding carboxylic acids is 1. The fourth-order valence-corrected chi connectivity index (χ4v) is 2.59. The average Bonchev–Trinajstić information content (AvgIpc) is 2.90. The van der Waals surface area contributed by atoms with Crippen LogP contribution in [0.1, 0.15) is 39.0 Å². The molecule has 1 aliphatic heterocycles. The van der Waals surface area contributed by atoms with Crippen LogP contribution < -0.4 is 0 Å². The van der Waals surface area contributed by atoms with Gasteiger partial charge in [0.2, 0.25) is 0 Å². The Morgan fingerprint density at radius 3 is 2.64 bits per heavy atom. The zero-order chi connectivity index (χ0) is 10.0. The number of ether oxygens (including phenoxy) is 2. The van der Waals surface area contributed by atoms with E-state index in [9.17, 15) is 4.79 Å². The van der Waals surface area contributed by atoms with E-state index in [2.05, 4.69) is 0 Å². The van der Waals surface area contributed by atoms with E-state index in [4.69, 9.17) is 9.47 Å². The molecule has 1 heterocycles. The maximum absolute atomic E-state index is 11.5. The fourth-order valence-electron chi connectivity index (χ4n) is 2.59. The highest BCUT2D eigenvalue weighted by atomic mass is 16.6. The molecule has 80 valence electrons. The number of rotatable bonds is 4. The van der Waals surface area contributed by atoms with Gasteiger partial charge in [0.15, 0.2) is 0 Å². The molecule has 2 aliphatic rings. The molecule has 0 radical (unpaired) electrons.